The summed E-state index contributed by atoms with van der Waals surface area (Å²) in [7, 11) is 0. The molecular weight excluding hydrogens is 398 g/mol. The standard InChI is InChI=1S/C20H18BrNO4/c1-2-26-20(25)16-11-12-22(17-6-4-3-5-15(17)18(16)23)19(24)13-7-9-14(21)10-8-13/h3-10,16H,2,11-12H2,1H3. The Balaban J connectivity index is 1.99. The smallest absolute Gasteiger partial charge is 0.316 e. The van der Waals surface area contributed by atoms with Crippen molar-refractivity contribution >= 4 is 39.3 Å². The third-order valence-corrected chi connectivity index (χ3v) is 4.85. The zero-order chi connectivity index (χ0) is 18.7. The number of halogens is 1. The largest absolute Gasteiger partial charge is 0.465 e. The molecule has 1 atom stereocenters. The number of benzene rings is 2. The quantitative estimate of drug-likeness (QED) is 0.563. The topological polar surface area (TPSA) is 63.7 Å². The van der Waals surface area contributed by atoms with Crippen LogP contribution < -0.4 is 4.90 Å². The van der Waals surface area contributed by atoms with Crippen molar-refractivity contribution in [2.24, 2.45) is 5.92 Å². The first-order valence-corrected chi connectivity index (χ1v) is 9.19. The van der Waals surface area contributed by atoms with Crippen molar-refractivity contribution in [1.82, 2.24) is 0 Å². The minimum absolute atomic E-state index is 0.206. The van der Waals surface area contributed by atoms with Gasteiger partial charge in [0.05, 0.1) is 12.3 Å². The third-order valence-electron chi connectivity index (χ3n) is 4.33. The lowest BCUT2D eigenvalue weighted by Crippen LogP contribution is -2.32. The fraction of sp³-hybridized carbons (Fsp3) is 0.250. The first-order chi connectivity index (χ1) is 12.5. The minimum Gasteiger partial charge on any atom is -0.465 e. The van der Waals surface area contributed by atoms with Gasteiger partial charge in [-0.1, -0.05) is 28.1 Å². The highest BCUT2D eigenvalue weighted by Crippen LogP contribution is 2.30. The number of hydrogen-bond acceptors (Lipinski definition) is 4. The summed E-state index contributed by atoms with van der Waals surface area (Å²) in [4.78, 5) is 39.6. The van der Waals surface area contributed by atoms with Gasteiger partial charge >= 0.3 is 5.97 Å². The Morgan fingerprint density at radius 1 is 1.15 bits per heavy atom. The maximum Gasteiger partial charge on any atom is 0.316 e. The van der Waals surface area contributed by atoms with Crippen molar-refractivity contribution in [3.8, 4) is 0 Å². The number of para-hydroxylation sites is 1. The van der Waals surface area contributed by atoms with E-state index in [2.05, 4.69) is 15.9 Å². The highest BCUT2D eigenvalue weighted by Gasteiger charge is 2.36. The molecule has 0 aliphatic carbocycles. The number of Topliss-reactive ketones (excluding diaryl/α,β-unsaturated/α-hetero) is 1. The minimum atomic E-state index is -0.890. The van der Waals surface area contributed by atoms with Crippen LogP contribution in [-0.2, 0) is 9.53 Å². The Labute approximate surface area is 160 Å². The van der Waals surface area contributed by atoms with Crippen LogP contribution in [0.5, 0.6) is 0 Å². The molecule has 0 spiro atoms. The molecule has 0 saturated heterocycles. The maximum atomic E-state index is 13.0. The van der Waals surface area contributed by atoms with Gasteiger partial charge in [-0.2, -0.15) is 0 Å². The van der Waals surface area contributed by atoms with Crippen molar-refractivity contribution in [3.63, 3.8) is 0 Å². The van der Waals surface area contributed by atoms with E-state index in [-0.39, 0.29) is 31.3 Å². The molecule has 1 aliphatic heterocycles. The van der Waals surface area contributed by atoms with Crippen molar-refractivity contribution < 1.29 is 19.1 Å². The molecule has 2 aromatic rings. The molecule has 1 unspecified atom stereocenters. The zero-order valence-electron chi connectivity index (χ0n) is 14.3. The molecule has 0 bridgehead atoms. The first-order valence-electron chi connectivity index (χ1n) is 8.40. The summed E-state index contributed by atoms with van der Waals surface area (Å²) < 4.78 is 5.93. The molecule has 134 valence electrons. The van der Waals surface area contributed by atoms with E-state index in [0.29, 0.717) is 16.8 Å². The van der Waals surface area contributed by atoms with Crippen LogP contribution in [0.1, 0.15) is 34.1 Å². The summed E-state index contributed by atoms with van der Waals surface area (Å²) >= 11 is 3.35. The van der Waals surface area contributed by atoms with Gasteiger partial charge in [-0.05, 0) is 49.7 Å². The summed E-state index contributed by atoms with van der Waals surface area (Å²) in [6.07, 6.45) is 0.231. The molecule has 6 heteroatoms. The number of amides is 1. The van der Waals surface area contributed by atoms with Crippen molar-refractivity contribution in [2.45, 2.75) is 13.3 Å². The number of carbonyl (C=O) groups is 3. The van der Waals surface area contributed by atoms with Crippen LogP contribution in [0.4, 0.5) is 5.69 Å². The highest BCUT2D eigenvalue weighted by atomic mass is 79.9. The zero-order valence-corrected chi connectivity index (χ0v) is 15.9. The first kappa shape index (κ1) is 18.3. The van der Waals surface area contributed by atoms with Crippen LogP contribution >= 0.6 is 15.9 Å². The van der Waals surface area contributed by atoms with Gasteiger partial charge in [-0.25, -0.2) is 0 Å². The monoisotopic (exact) mass is 415 g/mol. The molecular formula is C20H18BrNO4. The molecule has 3 rings (SSSR count). The van der Waals surface area contributed by atoms with E-state index >= 15 is 0 Å². The van der Waals surface area contributed by atoms with Crippen molar-refractivity contribution in [2.75, 3.05) is 18.1 Å². The molecule has 5 nitrogen and oxygen atoms in total. The van der Waals surface area contributed by atoms with Crippen LogP contribution in [0, 0.1) is 5.92 Å². The van der Waals surface area contributed by atoms with Gasteiger partial charge in [0, 0.05) is 22.1 Å². The Hall–Kier alpha value is -2.47. The normalized spacial score (nSPS) is 16.6. The van der Waals surface area contributed by atoms with E-state index in [4.69, 9.17) is 4.74 Å². The average Bonchev–Trinajstić information content (AvgIpc) is 2.79. The van der Waals surface area contributed by atoms with Gasteiger partial charge in [-0.3, -0.25) is 14.4 Å². The molecule has 2 aromatic carbocycles. The predicted octanol–water partition coefficient (Wildman–Crippen LogP) is 3.86. The van der Waals surface area contributed by atoms with E-state index in [9.17, 15) is 14.4 Å². The summed E-state index contributed by atoms with van der Waals surface area (Å²) in [5.74, 6) is -1.93. The van der Waals surface area contributed by atoms with Gasteiger partial charge in [0.1, 0.15) is 5.92 Å². The number of carbonyl (C=O) groups excluding carboxylic acids is 3. The second kappa shape index (κ2) is 7.83. The molecule has 1 heterocycles. The Bertz CT molecular complexity index is 847. The highest BCUT2D eigenvalue weighted by molar-refractivity contribution is 9.10. The number of hydrogen-bond donors (Lipinski definition) is 0. The van der Waals surface area contributed by atoms with Crippen LogP contribution in [0.3, 0.4) is 0 Å². The fourth-order valence-corrected chi connectivity index (χ4v) is 3.31. The number of fused-ring (bicyclic) bond motifs is 1. The van der Waals surface area contributed by atoms with E-state index in [1.165, 1.54) is 0 Å². The van der Waals surface area contributed by atoms with Gasteiger partial charge in [0.25, 0.3) is 5.91 Å². The van der Waals surface area contributed by atoms with Crippen molar-refractivity contribution in [3.05, 3.63) is 64.1 Å². The summed E-state index contributed by atoms with van der Waals surface area (Å²) in [6.45, 7) is 2.18. The number of anilines is 1. The Kier molecular flexibility index (Phi) is 5.52. The fourth-order valence-electron chi connectivity index (χ4n) is 3.04. The van der Waals surface area contributed by atoms with Gasteiger partial charge in [-0.15, -0.1) is 0 Å². The lowest BCUT2D eigenvalue weighted by Gasteiger charge is -2.22. The molecule has 1 aliphatic rings. The van der Waals surface area contributed by atoms with Crippen LogP contribution in [0.25, 0.3) is 0 Å². The van der Waals surface area contributed by atoms with Gasteiger partial charge in [0.2, 0.25) is 0 Å². The summed E-state index contributed by atoms with van der Waals surface area (Å²) in [6, 6.07) is 13.9. The molecule has 0 saturated carbocycles. The van der Waals surface area contributed by atoms with E-state index in [1.54, 1.807) is 60.4 Å². The van der Waals surface area contributed by atoms with Crippen LogP contribution in [0.2, 0.25) is 0 Å². The number of ether oxygens (including phenoxy) is 1. The lowest BCUT2D eigenvalue weighted by atomic mass is 9.95. The van der Waals surface area contributed by atoms with Crippen LogP contribution in [-0.4, -0.2) is 30.8 Å². The van der Waals surface area contributed by atoms with E-state index in [0.717, 1.165) is 4.47 Å². The lowest BCUT2D eigenvalue weighted by molar-refractivity contribution is -0.146. The van der Waals surface area contributed by atoms with E-state index in [1.807, 2.05) is 0 Å². The maximum absolute atomic E-state index is 13.0. The molecule has 0 fully saturated rings. The third kappa shape index (κ3) is 3.55. The second-order valence-corrected chi connectivity index (χ2v) is 6.85. The molecule has 1 amide bonds. The molecule has 0 radical (unpaired) electrons. The number of rotatable bonds is 3. The Morgan fingerprint density at radius 2 is 1.85 bits per heavy atom. The Morgan fingerprint density at radius 3 is 2.54 bits per heavy atom. The number of esters is 1. The number of ketones is 1. The predicted molar refractivity (Wildman–Crippen MR) is 101 cm³/mol. The average molecular weight is 416 g/mol. The summed E-state index contributed by atoms with van der Waals surface area (Å²) in [5.41, 5.74) is 1.41. The van der Waals surface area contributed by atoms with Crippen LogP contribution in [0.15, 0.2) is 53.0 Å². The van der Waals surface area contributed by atoms with E-state index < -0.39 is 11.9 Å². The summed E-state index contributed by atoms with van der Waals surface area (Å²) in [5, 5.41) is 0. The number of nitrogens with zero attached hydrogens (tertiary/aromatic N) is 1. The van der Waals surface area contributed by atoms with Gasteiger partial charge < -0.3 is 9.64 Å². The van der Waals surface area contributed by atoms with Crippen molar-refractivity contribution in [1.29, 1.82) is 0 Å². The molecule has 0 aromatic heterocycles. The van der Waals surface area contributed by atoms with Gasteiger partial charge in [0.15, 0.2) is 5.78 Å². The SMILES string of the molecule is CCOC(=O)C1CCN(C(=O)c2ccc(Br)cc2)c2ccccc2C1=O. The second-order valence-electron chi connectivity index (χ2n) is 5.94. The molecule has 26 heavy (non-hydrogen) atoms. The molecule has 0 N–H and O–H groups in total.